The topological polar surface area (TPSA) is 82.2 Å². The molecule has 5 nitrogen and oxygen atoms in total. The maximum Gasteiger partial charge on any atom is 0.242 e. The molecule has 19 heavy (non-hydrogen) atoms. The normalized spacial score (nSPS) is 22.8. The minimum Gasteiger partial charge on any atom is -0.355 e. The van der Waals surface area contributed by atoms with Gasteiger partial charge >= 0.3 is 0 Å². The highest BCUT2D eigenvalue weighted by Gasteiger charge is 2.33. The van der Waals surface area contributed by atoms with Crippen molar-refractivity contribution in [3.05, 3.63) is 29.8 Å². The molecule has 0 spiro atoms. The third-order valence-electron chi connectivity index (χ3n) is 3.42. The number of carbonyl (C=O) groups excluding carboxylic acids is 1. The third kappa shape index (κ3) is 2.69. The van der Waals surface area contributed by atoms with Crippen LogP contribution in [0.1, 0.15) is 18.9 Å². The Morgan fingerprint density at radius 3 is 2.74 bits per heavy atom. The fourth-order valence-corrected chi connectivity index (χ4v) is 2.47. The maximum absolute atomic E-state index is 12.0. The highest BCUT2D eigenvalue weighted by Crippen LogP contribution is 2.24. The highest BCUT2D eigenvalue weighted by molar-refractivity contribution is 5.87. The lowest BCUT2D eigenvalue weighted by atomic mass is 10.0. The first kappa shape index (κ1) is 13.4. The standard InChI is InChI=1S/C14H18N4O/c1-10-9-17-14(19)13(6-7-15)18(10)12-4-2-11(8-16)3-5-12/h2-5,10,13H,6-7,9,15H2,1H3,(H,17,19). The number of nitrogens with one attached hydrogen (secondary N) is 1. The smallest absolute Gasteiger partial charge is 0.242 e. The first-order valence-electron chi connectivity index (χ1n) is 6.43. The molecule has 0 radical (unpaired) electrons. The van der Waals surface area contributed by atoms with Gasteiger partial charge in [0.2, 0.25) is 5.91 Å². The van der Waals surface area contributed by atoms with Crippen LogP contribution in [0.5, 0.6) is 0 Å². The molecular formula is C14H18N4O. The van der Waals surface area contributed by atoms with Gasteiger partial charge in [0, 0.05) is 18.3 Å². The highest BCUT2D eigenvalue weighted by atomic mass is 16.2. The van der Waals surface area contributed by atoms with Gasteiger partial charge in [-0.3, -0.25) is 4.79 Å². The number of rotatable bonds is 3. The van der Waals surface area contributed by atoms with Crippen molar-refractivity contribution in [2.24, 2.45) is 5.73 Å². The molecule has 1 saturated heterocycles. The van der Waals surface area contributed by atoms with E-state index in [9.17, 15) is 4.79 Å². The van der Waals surface area contributed by atoms with Gasteiger partial charge in [0.05, 0.1) is 11.6 Å². The summed E-state index contributed by atoms with van der Waals surface area (Å²) in [7, 11) is 0. The van der Waals surface area contributed by atoms with E-state index in [1.54, 1.807) is 12.1 Å². The zero-order valence-corrected chi connectivity index (χ0v) is 11.0. The average Bonchev–Trinajstić information content (AvgIpc) is 2.44. The number of anilines is 1. The number of hydrogen-bond acceptors (Lipinski definition) is 4. The number of piperazine rings is 1. The summed E-state index contributed by atoms with van der Waals surface area (Å²) in [4.78, 5) is 14.1. The van der Waals surface area contributed by atoms with Crippen molar-refractivity contribution in [2.75, 3.05) is 18.0 Å². The summed E-state index contributed by atoms with van der Waals surface area (Å²) in [6, 6.07) is 9.39. The van der Waals surface area contributed by atoms with Crippen molar-refractivity contribution in [1.29, 1.82) is 5.26 Å². The third-order valence-corrected chi connectivity index (χ3v) is 3.42. The lowest BCUT2D eigenvalue weighted by Gasteiger charge is -2.41. The van der Waals surface area contributed by atoms with E-state index in [1.165, 1.54) is 0 Å². The second-order valence-corrected chi connectivity index (χ2v) is 4.75. The number of nitrogens with zero attached hydrogens (tertiary/aromatic N) is 2. The van der Waals surface area contributed by atoms with Crippen molar-refractivity contribution < 1.29 is 4.79 Å². The molecule has 1 heterocycles. The molecule has 1 aliphatic heterocycles. The zero-order valence-electron chi connectivity index (χ0n) is 11.0. The van der Waals surface area contributed by atoms with Crippen LogP contribution in [0.2, 0.25) is 0 Å². The fraction of sp³-hybridized carbons (Fsp3) is 0.429. The molecule has 100 valence electrons. The number of benzene rings is 1. The van der Waals surface area contributed by atoms with Crippen molar-refractivity contribution in [2.45, 2.75) is 25.4 Å². The quantitative estimate of drug-likeness (QED) is 0.831. The number of carbonyl (C=O) groups is 1. The monoisotopic (exact) mass is 258 g/mol. The molecule has 3 N–H and O–H groups in total. The zero-order chi connectivity index (χ0) is 13.8. The largest absolute Gasteiger partial charge is 0.355 e. The molecule has 0 aliphatic carbocycles. The Morgan fingerprint density at radius 1 is 1.47 bits per heavy atom. The van der Waals surface area contributed by atoms with Gasteiger partial charge in [-0.2, -0.15) is 5.26 Å². The van der Waals surface area contributed by atoms with E-state index >= 15 is 0 Å². The van der Waals surface area contributed by atoms with Gasteiger partial charge in [0.15, 0.2) is 0 Å². The first-order chi connectivity index (χ1) is 9.17. The van der Waals surface area contributed by atoms with E-state index < -0.39 is 0 Å². The van der Waals surface area contributed by atoms with E-state index in [0.717, 1.165) is 5.69 Å². The van der Waals surface area contributed by atoms with Gasteiger partial charge in [-0.25, -0.2) is 0 Å². The maximum atomic E-state index is 12.0. The van der Waals surface area contributed by atoms with E-state index in [4.69, 9.17) is 11.0 Å². The average molecular weight is 258 g/mol. The molecular weight excluding hydrogens is 240 g/mol. The van der Waals surface area contributed by atoms with Crippen LogP contribution in [0.15, 0.2) is 24.3 Å². The summed E-state index contributed by atoms with van der Waals surface area (Å²) in [5, 5.41) is 11.7. The molecule has 2 atom stereocenters. The predicted molar refractivity (Wildman–Crippen MR) is 73.6 cm³/mol. The molecule has 0 bridgehead atoms. The summed E-state index contributed by atoms with van der Waals surface area (Å²) < 4.78 is 0. The van der Waals surface area contributed by atoms with Crippen molar-refractivity contribution in [3.63, 3.8) is 0 Å². The van der Waals surface area contributed by atoms with Gasteiger partial charge in [-0.05, 0) is 44.2 Å². The van der Waals surface area contributed by atoms with Gasteiger partial charge < -0.3 is 16.0 Å². The van der Waals surface area contributed by atoms with Crippen LogP contribution in [-0.2, 0) is 4.79 Å². The minimum absolute atomic E-state index is 0.0212. The van der Waals surface area contributed by atoms with Crippen molar-refractivity contribution in [1.82, 2.24) is 5.32 Å². The Balaban J connectivity index is 2.31. The van der Waals surface area contributed by atoms with Crippen molar-refractivity contribution >= 4 is 11.6 Å². The van der Waals surface area contributed by atoms with Crippen molar-refractivity contribution in [3.8, 4) is 6.07 Å². The van der Waals surface area contributed by atoms with Gasteiger partial charge in [0.25, 0.3) is 0 Å². The van der Waals surface area contributed by atoms with Crippen LogP contribution in [0, 0.1) is 11.3 Å². The Bertz CT molecular complexity index is 491. The predicted octanol–water partition coefficient (Wildman–Crippen LogP) is 0.600. The molecule has 1 fully saturated rings. The number of hydrogen-bond donors (Lipinski definition) is 2. The Kier molecular flexibility index (Phi) is 4.03. The second kappa shape index (κ2) is 5.72. The molecule has 1 amide bonds. The summed E-state index contributed by atoms with van der Waals surface area (Å²) in [6.07, 6.45) is 0.621. The van der Waals surface area contributed by atoms with E-state index in [0.29, 0.717) is 25.1 Å². The van der Waals surface area contributed by atoms with Crippen LogP contribution in [0.4, 0.5) is 5.69 Å². The molecule has 1 aliphatic rings. The summed E-state index contributed by atoms with van der Waals surface area (Å²) in [5.74, 6) is 0.0212. The number of nitriles is 1. The lowest BCUT2D eigenvalue weighted by Crippen LogP contribution is -2.60. The second-order valence-electron chi connectivity index (χ2n) is 4.75. The number of nitrogens with two attached hydrogens (primary N) is 1. The first-order valence-corrected chi connectivity index (χ1v) is 6.43. The van der Waals surface area contributed by atoms with Crippen LogP contribution < -0.4 is 16.0 Å². The van der Waals surface area contributed by atoms with E-state index in [1.807, 2.05) is 12.1 Å². The van der Waals surface area contributed by atoms with Gasteiger partial charge in [0.1, 0.15) is 6.04 Å². The summed E-state index contributed by atoms with van der Waals surface area (Å²) in [6.45, 7) is 3.17. The Morgan fingerprint density at radius 2 is 2.16 bits per heavy atom. The van der Waals surface area contributed by atoms with Gasteiger partial charge in [-0.1, -0.05) is 0 Å². The van der Waals surface area contributed by atoms with Crippen LogP contribution in [0.25, 0.3) is 0 Å². The van der Waals surface area contributed by atoms with Crippen LogP contribution >= 0.6 is 0 Å². The molecule has 0 aromatic heterocycles. The lowest BCUT2D eigenvalue weighted by molar-refractivity contribution is -0.123. The molecule has 0 saturated carbocycles. The molecule has 2 unspecified atom stereocenters. The van der Waals surface area contributed by atoms with E-state index in [-0.39, 0.29) is 18.0 Å². The summed E-state index contributed by atoms with van der Waals surface area (Å²) >= 11 is 0. The fourth-order valence-electron chi connectivity index (χ4n) is 2.47. The SMILES string of the molecule is CC1CNC(=O)C(CCN)N1c1ccc(C#N)cc1. The molecule has 1 aromatic rings. The number of amides is 1. The van der Waals surface area contributed by atoms with Crippen LogP contribution in [-0.4, -0.2) is 31.1 Å². The van der Waals surface area contributed by atoms with Gasteiger partial charge in [-0.15, -0.1) is 0 Å². The summed E-state index contributed by atoms with van der Waals surface area (Å²) in [5.41, 5.74) is 7.18. The Labute approximate surface area is 113 Å². The van der Waals surface area contributed by atoms with E-state index in [2.05, 4.69) is 23.2 Å². The molecule has 5 heteroatoms. The molecule has 2 rings (SSSR count). The minimum atomic E-state index is -0.235. The Hall–Kier alpha value is -2.06. The molecule has 1 aromatic carbocycles. The van der Waals surface area contributed by atoms with Crippen LogP contribution in [0.3, 0.4) is 0 Å².